The van der Waals surface area contributed by atoms with Crippen molar-refractivity contribution in [2.24, 2.45) is 0 Å². The summed E-state index contributed by atoms with van der Waals surface area (Å²) in [6.07, 6.45) is 9.23. The minimum absolute atomic E-state index is 0.285. The Morgan fingerprint density at radius 2 is 2.00 bits per heavy atom. The number of halogens is 1. The van der Waals surface area contributed by atoms with Crippen molar-refractivity contribution in [2.45, 2.75) is 45.4 Å². The van der Waals surface area contributed by atoms with Crippen LogP contribution in [0, 0.1) is 0 Å². The molecule has 1 fully saturated rings. The fourth-order valence-corrected chi connectivity index (χ4v) is 6.27. The lowest BCUT2D eigenvalue weighted by Crippen LogP contribution is -2.33. The van der Waals surface area contributed by atoms with E-state index in [2.05, 4.69) is 17.1 Å². The van der Waals surface area contributed by atoms with E-state index in [1.807, 2.05) is 19.3 Å². The maximum Gasteiger partial charge on any atom is 0.304 e. The summed E-state index contributed by atoms with van der Waals surface area (Å²) in [5.41, 5.74) is 4.40. The quantitative estimate of drug-likeness (QED) is 0.256. The fraction of sp³-hybridized carbons (Fsp3) is 0.480. The molecule has 1 aromatic heterocycles. The first-order chi connectivity index (χ1) is 16.5. The van der Waals surface area contributed by atoms with Crippen LogP contribution in [-0.4, -0.2) is 50.6 Å². The molecule has 0 atom stereocenters. The Hall–Kier alpha value is -2.29. The molecule has 1 aromatic carbocycles. The average Bonchev–Trinajstić information content (AvgIpc) is 3.13. The van der Waals surface area contributed by atoms with Gasteiger partial charge in [-0.25, -0.2) is 4.98 Å². The van der Waals surface area contributed by atoms with Gasteiger partial charge in [-0.1, -0.05) is 17.7 Å². The van der Waals surface area contributed by atoms with Crippen molar-refractivity contribution in [1.82, 2.24) is 9.29 Å². The van der Waals surface area contributed by atoms with Crippen LogP contribution in [0.4, 0.5) is 5.69 Å². The number of hydrogen-bond acceptors (Lipinski definition) is 5. The van der Waals surface area contributed by atoms with Crippen LogP contribution in [0.25, 0.3) is 5.57 Å². The molecule has 0 saturated carbocycles. The first kappa shape index (κ1) is 24.8. The van der Waals surface area contributed by atoms with Crippen LogP contribution in [0.15, 0.2) is 42.8 Å². The number of rotatable bonds is 10. The highest BCUT2D eigenvalue weighted by Crippen LogP contribution is 2.33. The van der Waals surface area contributed by atoms with Crippen LogP contribution in [0.1, 0.15) is 50.2 Å². The molecule has 1 aliphatic carbocycles. The van der Waals surface area contributed by atoms with E-state index < -0.39 is 10.2 Å². The van der Waals surface area contributed by atoms with Gasteiger partial charge in [0.05, 0.1) is 25.2 Å². The molecule has 2 aromatic rings. The smallest absolute Gasteiger partial charge is 0.304 e. The summed E-state index contributed by atoms with van der Waals surface area (Å²) in [5, 5.41) is 0.285. The standard InChI is InChI=1S/C25H32ClN3O4S/c1-2-32-19-21-8-6-7-20-17-23(9-10-24(20)21)33-16-5-3-4-13-28-14-15-29(34(28,30)31)22-11-12-27-25(26)18-22/h9-12,17-19H,2-8,13-16H2,1H3/b21-19+. The molecule has 34 heavy (non-hydrogen) atoms. The second kappa shape index (κ2) is 11.4. The number of fused-ring (bicyclic) bond motifs is 1. The molecular weight excluding hydrogens is 474 g/mol. The second-order valence-electron chi connectivity index (χ2n) is 8.50. The van der Waals surface area contributed by atoms with Gasteiger partial charge in [-0.3, -0.25) is 4.31 Å². The lowest BCUT2D eigenvalue weighted by molar-refractivity contribution is 0.270. The van der Waals surface area contributed by atoms with Gasteiger partial charge in [0, 0.05) is 25.8 Å². The zero-order valence-corrected chi connectivity index (χ0v) is 21.2. The van der Waals surface area contributed by atoms with Gasteiger partial charge >= 0.3 is 10.2 Å². The number of pyridine rings is 1. The Kier molecular flexibility index (Phi) is 8.34. The van der Waals surface area contributed by atoms with Gasteiger partial charge in [0.15, 0.2) is 0 Å². The number of aromatic nitrogens is 1. The molecule has 0 N–H and O–H groups in total. The van der Waals surface area contributed by atoms with Crippen molar-refractivity contribution < 1.29 is 17.9 Å². The number of unbranched alkanes of at least 4 members (excludes halogenated alkanes) is 2. The van der Waals surface area contributed by atoms with E-state index in [9.17, 15) is 8.42 Å². The van der Waals surface area contributed by atoms with Crippen LogP contribution in [0.2, 0.25) is 5.15 Å². The molecule has 2 heterocycles. The summed E-state index contributed by atoms with van der Waals surface area (Å²) in [6.45, 7) is 4.70. The minimum Gasteiger partial charge on any atom is -0.501 e. The molecule has 0 spiro atoms. The Labute approximate surface area is 207 Å². The van der Waals surface area contributed by atoms with E-state index in [0.717, 1.165) is 44.3 Å². The molecule has 2 aliphatic rings. The number of nitrogens with zero attached hydrogens (tertiary/aromatic N) is 3. The van der Waals surface area contributed by atoms with E-state index in [0.29, 0.717) is 38.5 Å². The van der Waals surface area contributed by atoms with Crippen molar-refractivity contribution >= 4 is 33.1 Å². The van der Waals surface area contributed by atoms with Crippen molar-refractivity contribution in [3.8, 4) is 5.75 Å². The summed E-state index contributed by atoms with van der Waals surface area (Å²) in [4.78, 5) is 3.92. The molecule has 0 radical (unpaired) electrons. The van der Waals surface area contributed by atoms with E-state index in [1.165, 1.54) is 27.2 Å². The third kappa shape index (κ3) is 5.85. The highest BCUT2D eigenvalue weighted by atomic mass is 35.5. The lowest BCUT2D eigenvalue weighted by Gasteiger charge is -2.20. The molecule has 1 saturated heterocycles. The molecule has 9 heteroatoms. The summed E-state index contributed by atoms with van der Waals surface area (Å²) >= 11 is 5.92. The van der Waals surface area contributed by atoms with Crippen LogP contribution in [-0.2, 0) is 21.4 Å². The molecule has 0 unspecified atom stereocenters. The number of benzene rings is 1. The van der Waals surface area contributed by atoms with Gasteiger partial charge in [-0.2, -0.15) is 12.7 Å². The largest absolute Gasteiger partial charge is 0.501 e. The fourth-order valence-electron chi connectivity index (χ4n) is 4.46. The number of aryl methyl sites for hydroxylation is 1. The normalized spacial score (nSPS) is 18.8. The molecular formula is C25H32ClN3O4S. The zero-order chi connectivity index (χ0) is 24.0. The first-order valence-electron chi connectivity index (χ1n) is 11.9. The highest BCUT2D eigenvalue weighted by Gasteiger charge is 2.36. The van der Waals surface area contributed by atoms with Crippen LogP contribution >= 0.6 is 11.6 Å². The molecule has 184 valence electrons. The van der Waals surface area contributed by atoms with Gasteiger partial charge in [-0.15, -0.1) is 0 Å². The SMILES string of the molecule is CCO/C=C1\CCCc2cc(OCCCCCN3CCN(c4ccnc(Cl)c4)S3(=O)=O)ccc21. The van der Waals surface area contributed by atoms with Crippen molar-refractivity contribution in [1.29, 1.82) is 0 Å². The summed E-state index contributed by atoms with van der Waals surface area (Å²) in [5.74, 6) is 0.894. The van der Waals surface area contributed by atoms with E-state index in [-0.39, 0.29) is 5.15 Å². The number of ether oxygens (including phenoxy) is 2. The van der Waals surface area contributed by atoms with Crippen LogP contribution in [0.3, 0.4) is 0 Å². The minimum atomic E-state index is -3.52. The van der Waals surface area contributed by atoms with Gasteiger partial charge in [0.25, 0.3) is 0 Å². The van der Waals surface area contributed by atoms with Crippen LogP contribution < -0.4 is 9.04 Å². The van der Waals surface area contributed by atoms with Gasteiger partial charge in [-0.05, 0) is 86.4 Å². The zero-order valence-electron chi connectivity index (χ0n) is 19.6. The second-order valence-corrected chi connectivity index (χ2v) is 10.7. The van der Waals surface area contributed by atoms with E-state index >= 15 is 0 Å². The van der Waals surface area contributed by atoms with E-state index in [4.69, 9.17) is 21.1 Å². The third-order valence-electron chi connectivity index (χ3n) is 6.18. The van der Waals surface area contributed by atoms with E-state index in [1.54, 1.807) is 16.4 Å². The number of hydrogen-bond donors (Lipinski definition) is 0. The van der Waals surface area contributed by atoms with Crippen molar-refractivity contribution in [3.05, 3.63) is 59.1 Å². The van der Waals surface area contributed by atoms with Crippen molar-refractivity contribution in [2.75, 3.05) is 37.2 Å². The maximum atomic E-state index is 12.9. The predicted octanol–water partition coefficient (Wildman–Crippen LogP) is 5.06. The van der Waals surface area contributed by atoms with Crippen molar-refractivity contribution in [3.63, 3.8) is 0 Å². The molecule has 4 rings (SSSR count). The predicted molar refractivity (Wildman–Crippen MR) is 135 cm³/mol. The first-order valence-corrected chi connectivity index (χ1v) is 13.7. The highest BCUT2D eigenvalue weighted by molar-refractivity contribution is 7.90. The van der Waals surface area contributed by atoms with Gasteiger partial charge in [0.1, 0.15) is 10.9 Å². The molecule has 0 amide bonds. The summed E-state index contributed by atoms with van der Waals surface area (Å²) in [6, 6.07) is 9.55. The maximum absolute atomic E-state index is 12.9. The van der Waals surface area contributed by atoms with Gasteiger partial charge in [0.2, 0.25) is 0 Å². The number of allylic oxidation sites excluding steroid dienone is 1. The molecule has 0 bridgehead atoms. The monoisotopic (exact) mass is 505 g/mol. The topological polar surface area (TPSA) is 72.0 Å². The Bertz CT molecular complexity index is 1120. The lowest BCUT2D eigenvalue weighted by atomic mass is 9.88. The average molecular weight is 506 g/mol. The molecule has 1 aliphatic heterocycles. The summed E-state index contributed by atoms with van der Waals surface area (Å²) < 4.78 is 40.1. The Morgan fingerprint density at radius 3 is 2.82 bits per heavy atom. The summed E-state index contributed by atoms with van der Waals surface area (Å²) in [7, 11) is -3.52. The third-order valence-corrected chi connectivity index (χ3v) is 8.36. The molecule has 7 nitrogen and oxygen atoms in total. The Morgan fingerprint density at radius 1 is 1.12 bits per heavy atom. The van der Waals surface area contributed by atoms with Gasteiger partial charge < -0.3 is 9.47 Å². The van der Waals surface area contributed by atoms with Crippen LogP contribution in [0.5, 0.6) is 5.75 Å². The Balaban J connectivity index is 1.21. The number of anilines is 1.